The van der Waals surface area contributed by atoms with Gasteiger partial charge in [-0.05, 0) is 66.0 Å². The van der Waals surface area contributed by atoms with Crippen LogP contribution in [0.1, 0.15) is 25.0 Å². The largest absolute Gasteiger partial charge is 0.493 e. The smallest absolute Gasteiger partial charge is 0.203 e. The van der Waals surface area contributed by atoms with E-state index in [1.54, 1.807) is 35.5 Å². The molecule has 3 aromatic carbocycles. The van der Waals surface area contributed by atoms with Gasteiger partial charge in [-0.3, -0.25) is 0 Å². The third-order valence-corrected chi connectivity index (χ3v) is 5.69. The van der Waals surface area contributed by atoms with Crippen LogP contribution in [0.25, 0.3) is 12.2 Å². The number of anilines is 2. The van der Waals surface area contributed by atoms with Crippen LogP contribution in [0.5, 0.6) is 28.7 Å². The number of ether oxygens (including phenoxy) is 5. The Kier molecular flexibility index (Phi) is 11.0. The van der Waals surface area contributed by atoms with Crippen molar-refractivity contribution in [3.05, 3.63) is 59.7 Å². The zero-order chi connectivity index (χ0) is 25.8. The van der Waals surface area contributed by atoms with Crippen LogP contribution < -0.4 is 34.1 Å². The summed E-state index contributed by atoms with van der Waals surface area (Å²) in [5.41, 5.74) is 9.08. The average molecular weight is 499 g/mol. The van der Waals surface area contributed by atoms with Crippen LogP contribution >= 0.6 is 11.9 Å². The molecule has 3 rings (SSSR count). The molecule has 0 atom stereocenters. The quantitative estimate of drug-likeness (QED) is 0.183. The fourth-order valence-corrected chi connectivity index (χ4v) is 3.92. The van der Waals surface area contributed by atoms with Crippen molar-refractivity contribution in [2.45, 2.75) is 18.7 Å². The molecule has 7 nitrogen and oxygen atoms in total. The summed E-state index contributed by atoms with van der Waals surface area (Å²) >= 11 is 1.45. The fraction of sp³-hybridized carbons (Fsp3) is 0.259. The molecule has 0 fully saturated rings. The Morgan fingerprint density at radius 2 is 1.26 bits per heavy atom. The van der Waals surface area contributed by atoms with Gasteiger partial charge in [0.15, 0.2) is 23.0 Å². The molecule has 8 heteroatoms. The molecule has 0 aliphatic rings. The summed E-state index contributed by atoms with van der Waals surface area (Å²) in [5.74, 6) is 2.95. The highest BCUT2D eigenvalue weighted by Crippen LogP contribution is 2.42. The highest BCUT2D eigenvalue weighted by atomic mass is 32.2. The van der Waals surface area contributed by atoms with Gasteiger partial charge in [-0.2, -0.15) is 0 Å². The maximum absolute atomic E-state index is 5.79. The lowest BCUT2D eigenvalue weighted by atomic mass is 10.1. The summed E-state index contributed by atoms with van der Waals surface area (Å²) in [5, 5.41) is 0. The van der Waals surface area contributed by atoms with Gasteiger partial charge < -0.3 is 34.1 Å². The van der Waals surface area contributed by atoms with E-state index in [9.17, 15) is 0 Å². The minimum atomic E-state index is 0.547. The molecule has 0 saturated carbocycles. The molecule has 0 aliphatic heterocycles. The topological polar surface area (TPSA) is 84.2 Å². The number of benzene rings is 3. The van der Waals surface area contributed by atoms with Crippen LogP contribution in [0.2, 0.25) is 0 Å². The Hall–Kier alpha value is -3.65. The highest BCUT2D eigenvalue weighted by molar-refractivity contribution is 8.00. The Morgan fingerprint density at radius 1 is 0.686 bits per heavy atom. The average Bonchev–Trinajstić information content (AvgIpc) is 2.91. The van der Waals surface area contributed by atoms with Crippen LogP contribution in [0.15, 0.2) is 53.4 Å². The Labute approximate surface area is 212 Å². The first-order valence-electron chi connectivity index (χ1n) is 11.1. The van der Waals surface area contributed by atoms with Gasteiger partial charge >= 0.3 is 0 Å². The second-order valence-electron chi connectivity index (χ2n) is 6.83. The number of methoxy groups -OCH3 is 5. The van der Waals surface area contributed by atoms with Gasteiger partial charge in [-0.25, -0.2) is 0 Å². The van der Waals surface area contributed by atoms with E-state index in [1.807, 2.05) is 74.5 Å². The van der Waals surface area contributed by atoms with Crippen LogP contribution in [-0.4, -0.2) is 35.5 Å². The normalized spacial score (nSPS) is 10.3. The summed E-state index contributed by atoms with van der Waals surface area (Å²) < 4.78 is 30.9. The standard InChI is InChI=1S/C25H28N2O5S.C2H6/c1-28-20-13-8-17(7-6-16-14-21(29-2)24(31-4)22(15-16)30-3)23(25(20)32-5)27-33-19-11-9-18(26)10-12-19;1-2/h6-15,27H,26H2,1-5H3;1-2H3/b7-6-;. The lowest BCUT2D eigenvalue weighted by Crippen LogP contribution is -1.98. The molecule has 0 aliphatic carbocycles. The van der Waals surface area contributed by atoms with Gasteiger partial charge in [0.1, 0.15) is 0 Å². The van der Waals surface area contributed by atoms with Gasteiger partial charge in [0.2, 0.25) is 5.75 Å². The second-order valence-corrected chi connectivity index (χ2v) is 7.71. The fourth-order valence-electron chi connectivity index (χ4n) is 3.22. The van der Waals surface area contributed by atoms with Crippen molar-refractivity contribution < 1.29 is 23.7 Å². The minimum Gasteiger partial charge on any atom is -0.493 e. The van der Waals surface area contributed by atoms with E-state index >= 15 is 0 Å². The maximum atomic E-state index is 5.79. The zero-order valence-electron chi connectivity index (χ0n) is 21.3. The van der Waals surface area contributed by atoms with Crippen molar-refractivity contribution >= 4 is 35.5 Å². The summed E-state index contributed by atoms with van der Waals surface area (Å²) in [4.78, 5) is 1.01. The number of nitrogens with two attached hydrogens (primary N) is 1. The number of nitrogens with one attached hydrogen (secondary N) is 1. The molecule has 0 unspecified atom stereocenters. The number of hydrogen-bond acceptors (Lipinski definition) is 8. The summed E-state index contributed by atoms with van der Waals surface area (Å²) in [6.45, 7) is 4.00. The van der Waals surface area contributed by atoms with Crippen LogP contribution in [-0.2, 0) is 0 Å². The molecule has 0 saturated heterocycles. The predicted octanol–water partition coefficient (Wildman–Crippen LogP) is 6.63. The van der Waals surface area contributed by atoms with E-state index < -0.39 is 0 Å². The van der Waals surface area contributed by atoms with Crippen molar-refractivity contribution in [3.63, 3.8) is 0 Å². The first-order valence-corrected chi connectivity index (χ1v) is 11.9. The van der Waals surface area contributed by atoms with E-state index in [0.717, 1.165) is 21.7 Å². The lowest BCUT2D eigenvalue weighted by Gasteiger charge is -2.17. The Morgan fingerprint density at radius 3 is 1.77 bits per heavy atom. The summed E-state index contributed by atoms with van der Waals surface area (Å²) in [6.07, 6.45) is 3.94. The third kappa shape index (κ3) is 6.93. The van der Waals surface area contributed by atoms with E-state index in [0.29, 0.717) is 34.4 Å². The van der Waals surface area contributed by atoms with Crippen molar-refractivity contribution in [1.82, 2.24) is 0 Å². The molecule has 0 spiro atoms. The molecule has 0 bridgehead atoms. The van der Waals surface area contributed by atoms with Crippen molar-refractivity contribution in [1.29, 1.82) is 0 Å². The molecule has 188 valence electrons. The van der Waals surface area contributed by atoms with Gasteiger partial charge in [0.05, 0.1) is 41.2 Å². The van der Waals surface area contributed by atoms with Crippen molar-refractivity contribution in [2.24, 2.45) is 0 Å². The Bertz CT molecular complexity index is 1090. The van der Waals surface area contributed by atoms with E-state index in [4.69, 9.17) is 29.4 Å². The maximum Gasteiger partial charge on any atom is 0.203 e. The van der Waals surface area contributed by atoms with Crippen LogP contribution in [0.4, 0.5) is 11.4 Å². The van der Waals surface area contributed by atoms with E-state index in [2.05, 4.69) is 4.72 Å². The van der Waals surface area contributed by atoms with E-state index in [-0.39, 0.29) is 0 Å². The van der Waals surface area contributed by atoms with Gasteiger partial charge in [0.25, 0.3) is 0 Å². The molecular weight excluding hydrogens is 464 g/mol. The number of hydrogen-bond donors (Lipinski definition) is 2. The molecule has 0 amide bonds. The van der Waals surface area contributed by atoms with Gasteiger partial charge in [-0.1, -0.05) is 26.0 Å². The van der Waals surface area contributed by atoms with Crippen molar-refractivity contribution in [3.8, 4) is 28.7 Å². The molecule has 0 aromatic heterocycles. The van der Waals surface area contributed by atoms with Crippen LogP contribution in [0, 0.1) is 0 Å². The zero-order valence-corrected chi connectivity index (χ0v) is 22.1. The lowest BCUT2D eigenvalue weighted by molar-refractivity contribution is 0.324. The summed E-state index contributed by atoms with van der Waals surface area (Å²) in [6, 6.07) is 15.2. The first-order chi connectivity index (χ1) is 17.0. The minimum absolute atomic E-state index is 0.547. The predicted molar refractivity (Wildman–Crippen MR) is 146 cm³/mol. The first kappa shape index (κ1) is 27.6. The Balaban J connectivity index is 0.00000210. The molecule has 3 aromatic rings. The summed E-state index contributed by atoms with van der Waals surface area (Å²) in [7, 11) is 7.99. The third-order valence-electron chi connectivity index (χ3n) is 4.87. The highest BCUT2D eigenvalue weighted by Gasteiger charge is 2.15. The van der Waals surface area contributed by atoms with Gasteiger partial charge in [0, 0.05) is 16.1 Å². The monoisotopic (exact) mass is 498 g/mol. The molecule has 0 heterocycles. The number of rotatable bonds is 10. The van der Waals surface area contributed by atoms with Crippen LogP contribution in [0.3, 0.4) is 0 Å². The number of nitrogen functional groups attached to an aromatic ring is 1. The molecule has 35 heavy (non-hydrogen) atoms. The van der Waals surface area contributed by atoms with Gasteiger partial charge in [-0.15, -0.1) is 0 Å². The van der Waals surface area contributed by atoms with Crippen molar-refractivity contribution in [2.75, 3.05) is 46.0 Å². The second kappa shape index (κ2) is 13.9. The SMILES string of the molecule is CC.COc1cc(/C=C\c2ccc(OC)c(OC)c2NSc2ccc(N)cc2)cc(OC)c1OC. The molecule has 0 radical (unpaired) electrons. The van der Waals surface area contributed by atoms with E-state index in [1.165, 1.54) is 11.9 Å². The molecule has 3 N–H and O–H groups in total. The molecular formula is C27H34N2O5S.